The number of carbonyl (C=O) groups is 1. The van der Waals surface area contributed by atoms with E-state index in [1.807, 2.05) is 41.5 Å². The van der Waals surface area contributed by atoms with Gasteiger partial charge in [-0.25, -0.2) is 0 Å². The second-order valence-corrected chi connectivity index (χ2v) is 13.7. The molecule has 6 nitrogen and oxygen atoms in total. The van der Waals surface area contributed by atoms with Crippen LogP contribution in [0.5, 0.6) is 5.75 Å². The monoisotopic (exact) mass is 533 g/mol. The van der Waals surface area contributed by atoms with E-state index in [9.17, 15) is 13.2 Å². The number of benzene rings is 2. The van der Waals surface area contributed by atoms with Crippen LogP contribution in [0.2, 0.25) is 0 Å². The maximum Gasteiger partial charge on any atom is 0.446 e. The molecule has 208 valence electrons. The standard InChI is InChI=1S/C15H23NO5S.C15H24/c1-14(2,3)10-7-9(13(16)17)8-11(15(4,5)6)12(10)21-22(18,19)20;1-10(2)13-7-14(11(3)4)9-15(8-13)12(5)6/h7-8H,1-6H3,(H2,16,17)(H,18,19,20);7-12H,1-6H3. The molecule has 0 aromatic heterocycles. The molecule has 0 unspecified atom stereocenters. The second kappa shape index (κ2) is 12.0. The van der Waals surface area contributed by atoms with Crippen LogP contribution in [0.15, 0.2) is 30.3 Å². The molecule has 2 aromatic rings. The Balaban J connectivity index is 0.000000397. The topological polar surface area (TPSA) is 107 Å². The molecular formula is C30H47NO5S. The van der Waals surface area contributed by atoms with Gasteiger partial charge in [0.1, 0.15) is 0 Å². The Kier molecular flexibility index (Phi) is 10.6. The van der Waals surface area contributed by atoms with Gasteiger partial charge in [-0.1, -0.05) is 101 Å². The highest BCUT2D eigenvalue weighted by molar-refractivity contribution is 7.81. The van der Waals surface area contributed by atoms with Crippen LogP contribution in [0.1, 0.15) is 139 Å². The largest absolute Gasteiger partial charge is 0.446 e. The average molecular weight is 534 g/mol. The summed E-state index contributed by atoms with van der Waals surface area (Å²) in [5, 5.41) is 0. The van der Waals surface area contributed by atoms with Crippen LogP contribution in [0.25, 0.3) is 0 Å². The Hall–Kier alpha value is -2.38. The molecule has 0 radical (unpaired) electrons. The van der Waals surface area contributed by atoms with Gasteiger partial charge in [0, 0.05) is 16.7 Å². The Morgan fingerprint density at radius 2 is 1.03 bits per heavy atom. The van der Waals surface area contributed by atoms with Crippen molar-refractivity contribution in [1.82, 2.24) is 0 Å². The quantitative estimate of drug-likeness (QED) is 0.371. The van der Waals surface area contributed by atoms with E-state index in [1.165, 1.54) is 28.8 Å². The molecule has 0 heterocycles. The molecule has 0 bridgehead atoms. The van der Waals surface area contributed by atoms with Crippen molar-refractivity contribution in [2.45, 2.75) is 112 Å². The molecule has 2 aromatic carbocycles. The first-order chi connectivity index (χ1) is 16.5. The third-order valence-corrected chi connectivity index (χ3v) is 6.56. The fraction of sp³-hybridized carbons (Fsp3) is 0.567. The van der Waals surface area contributed by atoms with Crippen LogP contribution in [0.3, 0.4) is 0 Å². The highest BCUT2D eigenvalue weighted by Crippen LogP contribution is 2.41. The number of primary amides is 1. The molecule has 1 amide bonds. The molecule has 0 aliphatic carbocycles. The SMILES string of the molecule is CC(C)(C)c1cc(C(N)=O)cc(C(C)(C)C)c1OS(=O)(=O)O.CC(C)c1cc(C(C)C)cc(C(C)C)c1. The van der Waals surface area contributed by atoms with Gasteiger partial charge in [-0.05, 0) is 57.4 Å². The minimum Gasteiger partial charge on any atom is -0.366 e. The van der Waals surface area contributed by atoms with E-state index in [-0.39, 0.29) is 11.3 Å². The lowest BCUT2D eigenvalue weighted by Crippen LogP contribution is -2.24. The minimum atomic E-state index is -4.69. The zero-order chi connectivity index (χ0) is 29.1. The summed E-state index contributed by atoms with van der Waals surface area (Å²) in [5.41, 5.74) is 9.97. The Labute approximate surface area is 225 Å². The van der Waals surface area contributed by atoms with Crippen LogP contribution in [-0.4, -0.2) is 18.9 Å². The lowest BCUT2D eigenvalue weighted by atomic mass is 9.78. The molecule has 7 heteroatoms. The first kappa shape index (κ1) is 32.6. The molecule has 0 aliphatic rings. The number of nitrogens with two attached hydrogens (primary N) is 1. The van der Waals surface area contributed by atoms with E-state index in [1.54, 1.807) is 0 Å². The van der Waals surface area contributed by atoms with E-state index in [0.717, 1.165) is 0 Å². The van der Waals surface area contributed by atoms with Gasteiger partial charge in [-0.15, -0.1) is 0 Å². The van der Waals surface area contributed by atoms with Crippen molar-refractivity contribution >= 4 is 16.3 Å². The van der Waals surface area contributed by atoms with E-state index in [4.69, 9.17) is 14.5 Å². The molecule has 37 heavy (non-hydrogen) atoms. The highest BCUT2D eigenvalue weighted by Gasteiger charge is 2.31. The molecule has 0 saturated heterocycles. The van der Waals surface area contributed by atoms with Crippen molar-refractivity contribution < 1.29 is 21.9 Å². The van der Waals surface area contributed by atoms with Crippen LogP contribution in [-0.2, 0) is 21.2 Å². The van der Waals surface area contributed by atoms with E-state index in [2.05, 4.69) is 59.7 Å². The predicted octanol–water partition coefficient (Wildman–Crippen LogP) is 7.62. The van der Waals surface area contributed by atoms with Gasteiger partial charge < -0.3 is 9.92 Å². The fourth-order valence-electron chi connectivity index (χ4n) is 3.78. The average Bonchev–Trinajstić information content (AvgIpc) is 2.70. The van der Waals surface area contributed by atoms with Crippen LogP contribution in [0, 0.1) is 0 Å². The molecule has 2 rings (SSSR count). The lowest BCUT2D eigenvalue weighted by molar-refractivity contribution is 0.1000. The van der Waals surface area contributed by atoms with Crippen molar-refractivity contribution in [3.63, 3.8) is 0 Å². The van der Waals surface area contributed by atoms with E-state index < -0.39 is 27.1 Å². The van der Waals surface area contributed by atoms with Gasteiger partial charge in [0.25, 0.3) is 0 Å². The zero-order valence-corrected chi connectivity index (χ0v) is 25.5. The smallest absolute Gasteiger partial charge is 0.366 e. The molecule has 0 spiro atoms. The van der Waals surface area contributed by atoms with Crippen molar-refractivity contribution in [3.8, 4) is 5.75 Å². The summed E-state index contributed by atoms with van der Waals surface area (Å²) in [7, 11) is -4.69. The van der Waals surface area contributed by atoms with Crippen molar-refractivity contribution in [1.29, 1.82) is 0 Å². The first-order valence-electron chi connectivity index (χ1n) is 12.8. The lowest BCUT2D eigenvalue weighted by Gasteiger charge is -2.29. The predicted molar refractivity (Wildman–Crippen MR) is 153 cm³/mol. The number of amides is 1. The van der Waals surface area contributed by atoms with Gasteiger partial charge in [0.2, 0.25) is 5.91 Å². The Bertz CT molecular complexity index is 1100. The molecular weight excluding hydrogens is 486 g/mol. The van der Waals surface area contributed by atoms with E-state index in [0.29, 0.717) is 28.9 Å². The van der Waals surface area contributed by atoms with Crippen molar-refractivity contribution in [2.75, 3.05) is 0 Å². The Morgan fingerprint density at radius 1 is 0.730 bits per heavy atom. The number of hydrogen-bond acceptors (Lipinski definition) is 4. The molecule has 0 atom stereocenters. The van der Waals surface area contributed by atoms with Crippen LogP contribution < -0.4 is 9.92 Å². The second-order valence-electron chi connectivity index (χ2n) is 12.7. The van der Waals surface area contributed by atoms with Crippen LogP contribution in [0.4, 0.5) is 0 Å². The Morgan fingerprint density at radius 3 is 1.22 bits per heavy atom. The van der Waals surface area contributed by atoms with Crippen LogP contribution >= 0.6 is 0 Å². The summed E-state index contributed by atoms with van der Waals surface area (Å²) in [6.45, 7) is 24.7. The van der Waals surface area contributed by atoms with E-state index >= 15 is 0 Å². The summed E-state index contributed by atoms with van der Waals surface area (Å²) >= 11 is 0. The maximum atomic E-state index is 11.6. The zero-order valence-electron chi connectivity index (χ0n) is 24.7. The summed E-state index contributed by atoms with van der Waals surface area (Å²) in [6, 6.07) is 10.1. The van der Waals surface area contributed by atoms with Crippen molar-refractivity contribution in [2.24, 2.45) is 5.73 Å². The number of hydrogen-bond donors (Lipinski definition) is 2. The highest BCUT2D eigenvalue weighted by atomic mass is 32.3. The molecule has 0 fully saturated rings. The summed E-state index contributed by atoms with van der Waals surface area (Å²) in [5.74, 6) is 1.30. The van der Waals surface area contributed by atoms with Gasteiger partial charge in [0.05, 0.1) is 0 Å². The van der Waals surface area contributed by atoms with Gasteiger partial charge in [-0.2, -0.15) is 8.42 Å². The molecule has 0 saturated carbocycles. The fourth-order valence-corrected chi connectivity index (χ4v) is 4.17. The summed E-state index contributed by atoms with van der Waals surface area (Å²) in [4.78, 5) is 11.6. The van der Waals surface area contributed by atoms with Crippen molar-refractivity contribution in [3.05, 3.63) is 63.7 Å². The van der Waals surface area contributed by atoms with Gasteiger partial charge in [-0.3, -0.25) is 9.35 Å². The molecule has 3 N–H and O–H groups in total. The summed E-state index contributed by atoms with van der Waals surface area (Å²) < 4.78 is 36.4. The minimum absolute atomic E-state index is 0.0347. The normalized spacial score (nSPS) is 12.5. The number of carbonyl (C=O) groups excluding carboxylic acids is 1. The third kappa shape index (κ3) is 9.78. The van der Waals surface area contributed by atoms with Gasteiger partial charge >= 0.3 is 10.4 Å². The number of rotatable bonds is 6. The summed E-state index contributed by atoms with van der Waals surface area (Å²) in [6.07, 6.45) is 0. The first-order valence-corrected chi connectivity index (χ1v) is 14.2. The third-order valence-electron chi connectivity index (χ3n) is 6.18. The maximum absolute atomic E-state index is 11.6. The molecule has 0 aliphatic heterocycles. The van der Waals surface area contributed by atoms with Gasteiger partial charge in [0.15, 0.2) is 5.75 Å².